The third kappa shape index (κ3) is 2.61. The van der Waals surface area contributed by atoms with Gasteiger partial charge in [0.25, 0.3) is 5.91 Å². The maximum Gasteiger partial charge on any atom is 0.326 e. The Morgan fingerprint density at radius 3 is 2.65 bits per heavy atom. The molecule has 0 radical (unpaired) electrons. The van der Waals surface area contributed by atoms with Gasteiger partial charge in [-0.1, -0.05) is 19.1 Å². The number of hydrogen-bond acceptors (Lipinski definition) is 5. The molecule has 0 bridgehead atoms. The SMILES string of the molecule is CCC(C(=O)O)N1Cc2ccc(-c3cnc(N)nc3)cc2C1=O. The van der Waals surface area contributed by atoms with Crippen LogP contribution in [0.5, 0.6) is 0 Å². The van der Waals surface area contributed by atoms with E-state index in [1.165, 1.54) is 4.90 Å². The van der Waals surface area contributed by atoms with Crippen molar-refractivity contribution in [2.75, 3.05) is 5.73 Å². The van der Waals surface area contributed by atoms with Crippen molar-refractivity contribution < 1.29 is 14.7 Å². The molecule has 0 fully saturated rings. The van der Waals surface area contributed by atoms with Crippen molar-refractivity contribution >= 4 is 17.8 Å². The number of carboxylic acid groups (broad SMARTS) is 1. The number of amides is 1. The third-order valence-corrected chi connectivity index (χ3v) is 3.99. The van der Waals surface area contributed by atoms with Crippen molar-refractivity contribution in [1.82, 2.24) is 14.9 Å². The minimum atomic E-state index is -0.985. The fraction of sp³-hybridized carbons (Fsp3) is 0.250. The molecule has 1 amide bonds. The molecule has 1 aliphatic heterocycles. The van der Waals surface area contributed by atoms with Crippen molar-refractivity contribution in [2.24, 2.45) is 0 Å². The van der Waals surface area contributed by atoms with E-state index < -0.39 is 12.0 Å². The van der Waals surface area contributed by atoms with Crippen LogP contribution in [0.4, 0.5) is 5.95 Å². The summed E-state index contributed by atoms with van der Waals surface area (Å²) in [6, 6.07) is 4.65. The summed E-state index contributed by atoms with van der Waals surface area (Å²) in [5, 5.41) is 9.27. The number of nitrogens with two attached hydrogens (primary N) is 1. The second-order valence-electron chi connectivity index (χ2n) is 5.40. The van der Waals surface area contributed by atoms with Gasteiger partial charge in [-0.05, 0) is 23.6 Å². The molecule has 23 heavy (non-hydrogen) atoms. The minimum absolute atomic E-state index is 0.185. The first kappa shape index (κ1) is 15.0. The smallest absolute Gasteiger partial charge is 0.326 e. The molecule has 0 saturated heterocycles. The summed E-state index contributed by atoms with van der Waals surface area (Å²) in [6.45, 7) is 2.07. The van der Waals surface area contributed by atoms with Gasteiger partial charge in [-0.25, -0.2) is 14.8 Å². The van der Waals surface area contributed by atoms with E-state index in [2.05, 4.69) is 9.97 Å². The molecule has 3 N–H and O–H groups in total. The van der Waals surface area contributed by atoms with Crippen LogP contribution in [0, 0.1) is 0 Å². The maximum atomic E-state index is 12.6. The Morgan fingerprint density at radius 1 is 1.35 bits per heavy atom. The number of anilines is 1. The molecular formula is C16H16N4O3. The van der Waals surface area contributed by atoms with Gasteiger partial charge >= 0.3 is 5.97 Å². The second kappa shape index (κ2) is 5.68. The van der Waals surface area contributed by atoms with Gasteiger partial charge < -0.3 is 15.7 Å². The summed E-state index contributed by atoms with van der Waals surface area (Å²) in [5.74, 6) is -1.06. The van der Waals surface area contributed by atoms with Gasteiger partial charge in [-0.15, -0.1) is 0 Å². The van der Waals surface area contributed by atoms with Crippen molar-refractivity contribution in [1.29, 1.82) is 0 Å². The molecule has 0 aliphatic carbocycles. The van der Waals surface area contributed by atoms with Crippen molar-refractivity contribution in [2.45, 2.75) is 25.9 Å². The lowest BCUT2D eigenvalue weighted by Gasteiger charge is -2.22. The van der Waals surface area contributed by atoms with E-state index in [-0.39, 0.29) is 11.9 Å². The van der Waals surface area contributed by atoms with Crippen molar-refractivity contribution in [3.05, 3.63) is 41.7 Å². The molecule has 1 unspecified atom stereocenters. The number of hydrogen-bond donors (Lipinski definition) is 2. The molecule has 1 aromatic carbocycles. The topological polar surface area (TPSA) is 109 Å². The quantitative estimate of drug-likeness (QED) is 0.886. The largest absolute Gasteiger partial charge is 0.480 e. The van der Waals surface area contributed by atoms with E-state index in [0.717, 1.165) is 16.7 Å². The van der Waals surface area contributed by atoms with Gasteiger partial charge in [0, 0.05) is 30.1 Å². The van der Waals surface area contributed by atoms with Crippen molar-refractivity contribution in [3.8, 4) is 11.1 Å². The van der Waals surface area contributed by atoms with Crippen LogP contribution in [0.1, 0.15) is 29.3 Å². The number of carboxylic acids is 1. The first-order valence-electron chi connectivity index (χ1n) is 7.26. The number of aliphatic carboxylic acids is 1. The molecule has 2 aromatic rings. The van der Waals surface area contributed by atoms with Crippen LogP contribution in [0.15, 0.2) is 30.6 Å². The number of carbonyl (C=O) groups is 2. The normalized spacial score (nSPS) is 14.7. The van der Waals surface area contributed by atoms with Crippen LogP contribution >= 0.6 is 0 Å². The zero-order valence-electron chi connectivity index (χ0n) is 12.6. The lowest BCUT2D eigenvalue weighted by Crippen LogP contribution is -2.40. The molecule has 0 spiro atoms. The summed E-state index contributed by atoms with van der Waals surface area (Å²) < 4.78 is 0. The van der Waals surface area contributed by atoms with E-state index in [4.69, 9.17) is 5.73 Å². The first-order valence-corrected chi connectivity index (χ1v) is 7.26. The average molecular weight is 312 g/mol. The van der Waals surface area contributed by atoms with Crippen LogP contribution in [-0.4, -0.2) is 37.9 Å². The summed E-state index contributed by atoms with van der Waals surface area (Å²) in [5.41, 5.74) is 8.37. The van der Waals surface area contributed by atoms with E-state index in [9.17, 15) is 14.7 Å². The lowest BCUT2D eigenvalue weighted by atomic mass is 10.0. The molecule has 1 aliphatic rings. The fourth-order valence-corrected chi connectivity index (χ4v) is 2.77. The number of nitrogen functional groups attached to an aromatic ring is 1. The Morgan fingerprint density at radius 2 is 2.04 bits per heavy atom. The summed E-state index contributed by atoms with van der Waals surface area (Å²) in [6.07, 6.45) is 3.55. The van der Waals surface area contributed by atoms with Crippen molar-refractivity contribution in [3.63, 3.8) is 0 Å². The highest BCUT2D eigenvalue weighted by atomic mass is 16.4. The minimum Gasteiger partial charge on any atom is -0.480 e. The molecule has 7 heteroatoms. The Bertz CT molecular complexity index is 773. The Kier molecular flexibility index (Phi) is 3.69. The predicted molar refractivity (Wildman–Crippen MR) is 83.5 cm³/mol. The van der Waals surface area contributed by atoms with Crippen LogP contribution in [0.25, 0.3) is 11.1 Å². The Labute approximate surface area is 132 Å². The number of nitrogens with zero attached hydrogens (tertiary/aromatic N) is 3. The number of fused-ring (bicyclic) bond motifs is 1. The summed E-state index contributed by atoms with van der Waals surface area (Å²) >= 11 is 0. The van der Waals surface area contributed by atoms with Gasteiger partial charge in [0.1, 0.15) is 6.04 Å². The van der Waals surface area contributed by atoms with Crippen LogP contribution < -0.4 is 5.73 Å². The van der Waals surface area contributed by atoms with E-state index in [0.29, 0.717) is 18.5 Å². The maximum absolute atomic E-state index is 12.6. The van der Waals surface area contributed by atoms with Gasteiger partial charge in [0.15, 0.2) is 0 Å². The highest BCUT2D eigenvalue weighted by Crippen LogP contribution is 2.30. The molecule has 3 rings (SSSR count). The van der Waals surface area contributed by atoms with Gasteiger partial charge in [-0.2, -0.15) is 0 Å². The third-order valence-electron chi connectivity index (χ3n) is 3.99. The molecule has 1 atom stereocenters. The zero-order valence-corrected chi connectivity index (χ0v) is 12.6. The van der Waals surface area contributed by atoms with E-state index in [1.807, 2.05) is 12.1 Å². The predicted octanol–water partition coefficient (Wildman–Crippen LogP) is 1.54. The molecule has 0 saturated carbocycles. The lowest BCUT2D eigenvalue weighted by molar-refractivity contribution is -0.142. The Hall–Kier alpha value is -2.96. The average Bonchev–Trinajstić information content (AvgIpc) is 2.85. The van der Waals surface area contributed by atoms with Crippen LogP contribution in [0.3, 0.4) is 0 Å². The number of rotatable bonds is 4. The number of benzene rings is 1. The standard InChI is InChI=1S/C16H16N4O3/c1-2-13(15(22)23)20-8-10-4-3-9(5-12(10)14(20)21)11-6-18-16(17)19-7-11/h3-7,13H,2,8H2,1H3,(H,22,23)(H2,17,18,19). The molecule has 7 nitrogen and oxygen atoms in total. The molecule has 1 aromatic heterocycles. The van der Waals surface area contributed by atoms with Gasteiger partial charge in [0.2, 0.25) is 5.95 Å². The van der Waals surface area contributed by atoms with Crippen LogP contribution in [0.2, 0.25) is 0 Å². The number of aromatic nitrogens is 2. The van der Waals surface area contributed by atoms with Gasteiger partial charge in [-0.3, -0.25) is 4.79 Å². The molecular weight excluding hydrogens is 296 g/mol. The van der Waals surface area contributed by atoms with E-state index >= 15 is 0 Å². The fourth-order valence-electron chi connectivity index (χ4n) is 2.77. The first-order chi connectivity index (χ1) is 11.0. The van der Waals surface area contributed by atoms with E-state index in [1.54, 1.807) is 25.4 Å². The summed E-state index contributed by atoms with van der Waals surface area (Å²) in [4.78, 5) is 33.1. The highest BCUT2D eigenvalue weighted by molar-refractivity contribution is 6.01. The summed E-state index contributed by atoms with van der Waals surface area (Å²) in [7, 11) is 0. The van der Waals surface area contributed by atoms with Gasteiger partial charge in [0.05, 0.1) is 0 Å². The monoisotopic (exact) mass is 312 g/mol. The second-order valence-corrected chi connectivity index (χ2v) is 5.40. The number of carbonyl (C=O) groups excluding carboxylic acids is 1. The Balaban J connectivity index is 1.95. The van der Waals surface area contributed by atoms with Crippen LogP contribution in [-0.2, 0) is 11.3 Å². The molecule has 118 valence electrons. The zero-order chi connectivity index (χ0) is 16.6. The molecule has 2 heterocycles. The highest BCUT2D eigenvalue weighted by Gasteiger charge is 2.35.